The molecule has 0 heterocycles. The second-order valence-electron chi connectivity index (χ2n) is 4.87. The predicted molar refractivity (Wildman–Crippen MR) is 76.9 cm³/mol. The van der Waals surface area contributed by atoms with Crippen LogP contribution in [0, 0.1) is 5.41 Å². The van der Waals surface area contributed by atoms with E-state index in [1.54, 1.807) is 24.3 Å². The molecule has 0 saturated heterocycles. The highest BCUT2D eigenvalue weighted by molar-refractivity contribution is 7.93. The summed E-state index contributed by atoms with van der Waals surface area (Å²) in [5.41, 5.74) is 6.27. The maximum absolute atomic E-state index is 12.3. The van der Waals surface area contributed by atoms with Crippen LogP contribution in [0.2, 0.25) is 0 Å². The summed E-state index contributed by atoms with van der Waals surface area (Å²) in [5.74, 6) is -0.137. The van der Waals surface area contributed by atoms with Gasteiger partial charge in [0, 0.05) is 5.56 Å². The van der Waals surface area contributed by atoms with Crippen molar-refractivity contribution < 1.29 is 8.42 Å². The predicted octanol–water partition coefficient (Wildman–Crippen LogP) is 2.05. The van der Waals surface area contributed by atoms with Gasteiger partial charge in [-0.05, 0) is 25.0 Å². The van der Waals surface area contributed by atoms with E-state index in [1.165, 1.54) is 0 Å². The standard InChI is InChI=1S/C13H19N3O2S/c14-13(15)11-8-4-5-9-12(11)16-19(17,18)10-6-2-1-3-7-10/h4-5,8-10,16H,1-3,6-7H2,(H3,14,15). The fourth-order valence-corrected chi connectivity index (χ4v) is 4.02. The molecule has 0 unspecified atom stereocenters. The molecular formula is C13H19N3O2S. The van der Waals surface area contributed by atoms with Gasteiger partial charge in [0.1, 0.15) is 5.84 Å². The van der Waals surface area contributed by atoms with E-state index in [9.17, 15) is 8.42 Å². The van der Waals surface area contributed by atoms with Crippen LogP contribution in [0.4, 0.5) is 5.69 Å². The van der Waals surface area contributed by atoms with Crippen LogP contribution in [0.15, 0.2) is 24.3 Å². The first-order valence-corrected chi connectivity index (χ1v) is 8.00. The van der Waals surface area contributed by atoms with Crippen molar-refractivity contribution in [2.75, 3.05) is 4.72 Å². The van der Waals surface area contributed by atoms with E-state index in [4.69, 9.17) is 11.1 Å². The molecule has 0 atom stereocenters. The maximum atomic E-state index is 12.3. The number of nitrogen functional groups attached to an aromatic ring is 1. The van der Waals surface area contributed by atoms with E-state index in [0.29, 0.717) is 24.1 Å². The second-order valence-corrected chi connectivity index (χ2v) is 6.83. The number of nitrogens with two attached hydrogens (primary N) is 1. The zero-order chi connectivity index (χ0) is 13.9. The van der Waals surface area contributed by atoms with Crippen molar-refractivity contribution in [2.45, 2.75) is 37.4 Å². The molecule has 0 amide bonds. The highest BCUT2D eigenvalue weighted by Gasteiger charge is 2.27. The fraction of sp³-hybridized carbons (Fsp3) is 0.462. The minimum atomic E-state index is -3.39. The highest BCUT2D eigenvalue weighted by Crippen LogP contribution is 2.26. The van der Waals surface area contributed by atoms with Crippen molar-refractivity contribution >= 4 is 21.5 Å². The number of hydrogen-bond donors (Lipinski definition) is 3. The van der Waals surface area contributed by atoms with Crippen LogP contribution in [-0.4, -0.2) is 19.5 Å². The van der Waals surface area contributed by atoms with E-state index in [1.807, 2.05) is 0 Å². The Labute approximate surface area is 113 Å². The van der Waals surface area contributed by atoms with Gasteiger partial charge < -0.3 is 5.73 Å². The molecule has 2 rings (SSSR count). The van der Waals surface area contributed by atoms with Gasteiger partial charge in [0.15, 0.2) is 0 Å². The highest BCUT2D eigenvalue weighted by atomic mass is 32.2. The number of amidine groups is 1. The lowest BCUT2D eigenvalue weighted by molar-refractivity contribution is 0.486. The molecule has 1 saturated carbocycles. The Morgan fingerprint density at radius 3 is 2.47 bits per heavy atom. The average molecular weight is 281 g/mol. The third-order valence-electron chi connectivity index (χ3n) is 3.46. The largest absolute Gasteiger partial charge is 0.384 e. The van der Waals surface area contributed by atoms with E-state index in [2.05, 4.69) is 4.72 Å². The Morgan fingerprint density at radius 1 is 1.21 bits per heavy atom. The first-order valence-electron chi connectivity index (χ1n) is 6.46. The Bertz CT molecular complexity index is 563. The third kappa shape index (κ3) is 3.26. The lowest BCUT2D eigenvalue weighted by atomic mass is 10.0. The molecule has 1 aliphatic carbocycles. The Balaban J connectivity index is 2.22. The lowest BCUT2D eigenvalue weighted by Crippen LogP contribution is -2.30. The normalized spacial score (nSPS) is 17.1. The SMILES string of the molecule is N=C(N)c1ccccc1NS(=O)(=O)C1CCCCC1. The molecule has 19 heavy (non-hydrogen) atoms. The van der Waals surface area contributed by atoms with Crippen LogP contribution in [0.25, 0.3) is 0 Å². The van der Waals surface area contributed by atoms with Gasteiger partial charge in [0.2, 0.25) is 10.0 Å². The van der Waals surface area contributed by atoms with E-state index >= 15 is 0 Å². The molecule has 1 aromatic rings. The van der Waals surface area contributed by atoms with Crippen LogP contribution in [0.5, 0.6) is 0 Å². The number of rotatable bonds is 4. The summed E-state index contributed by atoms with van der Waals surface area (Å²) in [5, 5.41) is 7.14. The molecule has 1 aliphatic rings. The van der Waals surface area contributed by atoms with Gasteiger partial charge in [-0.25, -0.2) is 8.42 Å². The summed E-state index contributed by atoms with van der Waals surface area (Å²) in [4.78, 5) is 0. The van der Waals surface area contributed by atoms with Gasteiger partial charge in [-0.3, -0.25) is 10.1 Å². The third-order valence-corrected chi connectivity index (χ3v) is 5.31. The van der Waals surface area contributed by atoms with Crippen LogP contribution in [-0.2, 0) is 10.0 Å². The molecule has 1 aromatic carbocycles. The quantitative estimate of drug-likeness (QED) is 0.582. The number of sulfonamides is 1. The summed E-state index contributed by atoms with van der Waals surface area (Å²) in [6, 6.07) is 6.73. The zero-order valence-corrected chi connectivity index (χ0v) is 11.5. The molecule has 104 valence electrons. The van der Waals surface area contributed by atoms with Gasteiger partial charge in [-0.1, -0.05) is 31.4 Å². The van der Waals surface area contributed by atoms with Crippen molar-refractivity contribution in [3.63, 3.8) is 0 Å². The van der Waals surface area contributed by atoms with Crippen LogP contribution < -0.4 is 10.5 Å². The molecule has 4 N–H and O–H groups in total. The molecule has 1 fully saturated rings. The molecule has 0 radical (unpaired) electrons. The van der Waals surface area contributed by atoms with Crippen LogP contribution >= 0.6 is 0 Å². The maximum Gasteiger partial charge on any atom is 0.235 e. The average Bonchev–Trinajstić information content (AvgIpc) is 2.39. The number of para-hydroxylation sites is 1. The van der Waals surface area contributed by atoms with Gasteiger partial charge in [0.25, 0.3) is 0 Å². The number of benzene rings is 1. The van der Waals surface area contributed by atoms with Gasteiger partial charge in [-0.15, -0.1) is 0 Å². The molecule has 5 nitrogen and oxygen atoms in total. The van der Waals surface area contributed by atoms with Crippen LogP contribution in [0.3, 0.4) is 0 Å². The monoisotopic (exact) mass is 281 g/mol. The number of nitrogens with one attached hydrogen (secondary N) is 2. The Morgan fingerprint density at radius 2 is 1.84 bits per heavy atom. The van der Waals surface area contributed by atoms with Crippen molar-refractivity contribution in [1.82, 2.24) is 0 Å². The summed E-state index contributed by atoms with van der Waals surface area (Å²) >= 11 is 0. The number of hydrogen-bond acceptors (Lipinski definition) is 3. The minimum absolute atomic E-state index is 0.137. The first kappa shape index (κ1) is 13.9. The fourth-order valence-electron chi connectivity index (χ4n) is 2.42. The minimum Gasteiger partial charge on any atom is -0.384 e. The van der Waals surface area contributed by atoms with E-state index < -0.39 is 10.0 Å². The molecule has 6 heteroatoms. The molecule has 0 spiro atoms. The number of anilines is 1. The topological polar surface area (TPSA) is 96.0 Å². The Kier molecular flexibility index (Phi) is 4.09. The van der Waals surface area contributed by atoms with Crippen molar-refractivity contribution in [3.05, 3.63) is 29.8 Å². The Hall–Kier alpha value is -1.56. The smallest absolute Gasteiger partial charge is 0.235 e. The van der Waals surface area contributed by atoms with Gasteiger partial charge in [-0.2, -0.15) is 0 Å². The molecule has 0 aliphatic heterocycles. The van der Waals surface area contributed by atoms with Gasteiger partial charge in [0.05, 0.1) is 10.9 Å². The first-order chi connectivity index (χ1) is 9.00. The van der Waals surface area contributed by atoms with Crippen molar-refractivity contribution in [1.29, 1.82) is 5.41 Å². The summed E-state index contributed by atoms with van der Waals surface area (Å²) < 4.78 is 27.2. The summed E-state index contributed by atoms with van der Waals surface area (Å²) in [6.45, 7) is 0. The molecule has 0 bridgehead atoms. The summed E-state index contributed by atoms with van der Waals surface area (Å²) in [7, 11) is -3.39. The van der Waals surface area contributed by atoms with Crippen molar-refractivity contribution in [2.24, 2.45) is 5.73 Å². The van der Waals surface area contributed by atoms with Gasteiger partial charge >= 0.3 is 0 Å². The van der Waals surface area contributed by atoms with E-state index in [-0.39, 0.29) is 11.1 Å². The zero-order valence-electron chi connectivity index (χ0n) is 10.7. The second kappa shape index (κ2) is 5.61. The van der Waals surface area contributed by atoms with E-state index in [0.717, 1.165) is 19.3 Å². The van der Waals surface area contributed by atoms with Crippen LogP contribution in [0.1, 0.15) is 37.7 Å². The lowest BCUT2D eigenvalue weighted by Gasteiger charge is -2.23. The molecule has 0 aromatic heterocycles. The van der Waals surface area contributed by atoms with Crippen molar-refractivity contribution in [3.8, 4) is 0 Å². The summed E-state index contributed by atoms with van der Waals surface area (Å²) in [6.07, 6.45) is 4.44. The molecular weight excluding hydrogens is 262 g/mol.